The van der Waals surface area contributed by atoms with Crippen LogP contribution in [0.2, 0.25) is 0 Å². The summed E-state index contributed by atoms with van der Waals surface area (Å²) < 4.78 is 0.961. The van der Waals surface area contributed by atoms with Gasteiger partial charge in [0.05, 0.1) is 4.47 Å². The minimum Gasteiger partial charge on any atom is -0.368 e. The third-order valence-corrected chi connectivity index (χ3v) is 4.82. The van der Waals surface area contributed by atoms with Crippen molar-refractivity contribution >= 4 is 27.7 Å². The molecule has 1 aromatic heterocycles. The van der Waals surface area contributed by atoms with E-state index in [1.807, 2.05) is 0 Å². The standard InChI is InChI=1S/C13H19BrN4/c14-10-8-16-13(15)17-12(10)18-7-3-5-9-4-1-2-6-11(9)18/h8-9,11H,1-7H2,(H2,15,16,17). The summed E-state index contributed by atoms with van der Waals surface area (Å²) in [5, 5.41) is 0. The van der Waals surface area contributed by atoms with E-state index in [0.29, 0.717) is 12.0 Å². The van der Waals surface area contributed by atoms with Crippen molar-refractivity contribution in [3.63, 3.8) is 0 Å². The van der Waals surface area contributed by atoms with Crippen molar-refractivity contribution in [2.75, 3.05) is 17.2 Å². The van der Waals surface area contributed by atoms with Gasteiger partial charge in [-0.2, -0.15) is 4.98 Å². The van der Waals surface area contributed by atoms with Gasteiger partial charge in [0.15, 0.2) is 0 Å². The lowest BCUT2D eigenvalue weighted by Crippen LogP contribution is -2.47. The molecule has 2 heterocycles. The van der Waals surface area contributed by atoms with Crippen molar-refractivity contribution in [3.8, 4) is 0 Å². The normalized spacial score (nSPS) is 27.9. The Morgan fingerprint density at radius 1 is 1.22 bits per heavy atom. The molecule has 2 fully saturated rings. The van der Waals surface area contributed by atoms with Crippen LogP contribution >= 0.6 is 15.9 Å². The van der Waals surface area contributed by atoms with Gasteiger partial charge in [0.25, 0.3) is 0 Å². The molecule has 0 bridgehead atoms. The van der Waals surface area contributed by atoms with Gasteiger partial charge in [-0.25, -0.2) is 4.98 Å². The second-order valence-electron chi connectivity index (χ2n) is 5.35. The van der Waals surface area contributed by atoms with E-state index in [-0.39, 0.29) is 0 Å². The molecule has 0 aromatic carbocycles. The number of halogens is 1. The summed E-state index contributed by atoms with van der Waals surface area (Å²) in [6, 6.07) is 0.651. The van der Waals surface area contributed by atoms with Crippen LogP contribution in [0.5, 0.6) is 0 Å². The lowest BCUT2D eigenvalue weighted by Gasteiger charge is -2.45. The van der Waals surface area contributed by atoms with E-state index in [1.54, 1.807) is 6.20 Å². The molecule has 0 spiro atoms. The zero-order valence-corrected chi connectivity index (χ0v) is 12.1. The number of rotatable bonds is 1. The highest BCUT2D eigenvalue weighted by Crippen LogP contribution is 2.39. The van der Waals surface area contributed by atoms with Gasteiger partial charge < -0.3 is 10.6 Å². The predicted octanol–water partition coefficient (Wildman–Crippen LogP) is 2.98. The zero-order valence-electron chi connectivity index (χ0n) is 10.5. The van der Waals surface area contributed by atoms with Crippen LogP contribution in [0.1, 0.15) is 38.5 Å². The summed E-state index contributed by atoms with van der Waals surface area (Å²) in [5.41, 5.74) is 5.73. The van der Waals surface area contributed by atoms with E-state index < -0.39 is 0 Å². The fourth-order valence-electron chi connectivity index (χ4n) is 3.46. The first-order chi connectivity index (χ1) is 8.75. The highest BCUT2D eigenvalue weighted by molar-refractivity contribution is 9.10. The average molecular weight is 311 g/mol. The molecule has 2 aliphatic rings. The van der Waals surface area contributed by atoms with Crippen molar-refractivity contribution in [1.82, 2.24) is 9.97 Å². The Morgan fingerprint density at radius 3 is 2.89 bits per heavy atom. The summed E-state index contributed by atoms with van der Waals surface area (Å²) >= 11 is 3.56. The zero-order chi connectivity index (χ0) is 12.5. The summed E-state index contributed by atoms with van der Waals surface area (Å²) in [6.07, 6.45) is 9.80. The quantitative estimate of drug-likeness (QED) is 0.866. The van der Waals surface area contributed by atoms with Crippen LogP contribution in [0.15, 0.2) is 10.7 Å². The summed E-state index contributed by atoms with van der Waals surface area (Å²) in [6.45, 7) is 1.09. The maximum absolute atomic E-state index is 5.73. The van der Waals surface area contributed by atoms with Crippen LogP contribution in [0, 0.1) is 5.92 Å². The Hall–Kier alpha value is -0.840. The smallest absolute Gasteiger partial charge is 0.222 e. The molecule has 2 atom stereocenters. The van der Waals surface area contributed by atoms with Gasteiger partial charge in [0.2, 0.25) is 5.95 Å². The molecule has 18 heavy (non-hydrogen) atoms. The molecule has 0 radical (unpaired) electrons. The monoisotopic (exact) mass is 310 g/mol. The van der Waals surface area contributed by atoms with E-state index in [9.17, 15) is 0 Å². The number of nitrogens with zero attached hydrogens (tertiary/aromatic N) is 3. The first-order valence-corrected chi connectivity index (χ1v) is 7.59. The van der Waals surface area contributed by atoms with Gasteiger partial charge in [-0.1, -0.05) is 12.8 Å². The predicted molar refractivity (Wildman–Crippen MR) is 76.5 cm³/mol. The Balaban J connectivity index is 1.91. The van der Waals surface area contributed by atoms with E-state index in [2.05, 4.69) is 30.8 Å². The maximum Gasteiger partial charge on any atom is 0.222 e. The minimum absolute atomic E-state index is 0.367. The number of piperidine rings is 1. The third kappa shape index (κ3) is 2.20. The van der Waals surface area contributed by atoms with Gasteiger partial charge in [-0.3, -0.25) is 0 Å². The molecule has 0 amide bonds. The van der Waals surface area contributed by atoms with Crippen LogP contribution in [-0.2, 0) is 0 Å². The number of aromatic nitrogens is 2. The fraction of sp³-hybridized carbons (Fsp3) is 0.692. The third-order valence-electron chi connectivity index (χ3n) is 4.26. The molecule has 1 aromatic rings. The second-order valence-corrected chi connectivity index (χ2v) is 6.20. The topological polar surface area (TPSA) is 55.0 Å². The highest BCUT2D eigenvalue weighted by Gasteiger charge is 2.34. The lowest BCUT2D eigenvalue weighted by molar-refractivity contribution is 0.242. The molecule has 98 valence electrons. The van der Waals surface area contributed by atoms with Crippen LogP contribution in [0.4, 0.5) is 11.8 Å². The molecule has 1 aliphatic carbocycles. The molecule has 1 saturated carbocycles. The summed E-state index contributed by atoms with van der Waals surface area (Å²) in [7, 11) is 0. The van der Waals surface area contributed by atoms with E-state index in [0.717, 1.165) is 22.8 Å². The van der Waals surface area contributed by atoms with E-state index in [4.69, 9.17) is 5.73 Å². The van der Waals surface area contributed by atoms with Crippen LogP contribution in [0.25, 0.3) is 0 Å². The number of hydrogen-bond acceptors (Lipinski definition) is 4. The van der Waals surface area contributed by atoms with Gasteiger partial charge in [0, 0.05) is 18.8 Å². The largest absolute Gasteiger partial charge is 0.368 e. The molecule has 4 nitrogen and oxygen atoms in total. The van der Waals surface area contributed by atoms with Gasteiger partial charge in [-0.05, 0) is 47.5 Å². The Bertz CT molecular complexity index is 435. The first kappa shape index (κ1) is 12.2. The number of anilines is 2. The number of nitrogens with two attached hydrogens (primary N) is 1. The Kier molecular flexibility index (Phi) is 3.41. The summed E-state index contributed by atoms with van der Waals surface area (Å²) in [5.74, 6) is 2.20. The Morgan fingerprint density at radius 2 is 2.00 bits per heavy atom. The van der Waals surface area contributed by atoms with Crippen molar-refractivity contribution in [2.24, 2.45) is 5.92 Å². The van der Waals surface area contributed by atoms with Gasteiger partial charge >= 0.3 is 0 Å². The Labute approximate surface area is 116 Å². The minimum atomic E-state index is 0.367. The number of fused-ring (bicyclic) bond motifs is 1. The van der Waals surface area contributed by atoms with Crippen molar-refractivity contribution in [1.29, 1.82) is 0 Å². The lowest BCUT2D eigenvalue weighted by atomic mass is 9.78. The molecular formula is C13H19BrN4. The maximum atomic E-state index is 5.73. The van der Waals surface area contributed by atoms with Crippen molar-refractivity contribution in [3.05, 3.63) is 10.7 Å². The molecule has 3 rings (SSSR count). The fourth-order valence-corrected chi connectivity index (χ4v) is 3.88. The number of hydrogen-bond donors (Lipinski definition) is 1. The number of nitrogen functional groups attached to an aromatic ring is 1. The molecule has 2 N–H and O–H groups in total. The summed E-state index contributed by atoms with van der Waals surface area (Å²) in [4.78, 5) is 10.9. The SMILES string of the molecule is Nc1ncc(Br)c(N2CCCC3CCCCC32)n1. The van der Waals surface area contributed by atoms with Crippen LogP contribution in [-0.4, -0.2) is 22.6 Å². The molecule has 2 unspecified atom stereocenters. The molecule has 1 saturated heterocycles. The van der Waals surface area contributed by atoms with Crippen LogP contribution in [0.3, 0.4) is 0 Å². The van der Waals surface area contributed by atoms with Crippen LogP contribution < -0.4 is 10.6 Å². The average Bonchev–Trinajstić information content (AvgIpc) is 2.41. The van der Waals surface area contributed by atoms with Crippen molar-refractivity contribution in [2.45, 2.75) is 44.6 Å². The second kappa shape index (κ2) is 5.03. The van der Waals surface area contributed by atoms with Crippen molar-refractivity contribution < 1.29 is 0 Å². The first-order valence-electron chi connectivity index (χ1n) is 6.80. The molecular weight excluding hydrogens is 292 g/mol. The molecule has 1 aliphatic heterocycles. The van der Waals surface area contributed by atoms with E-state index >= 15 is 0 Å². The van der Waals surface area contributed by atoms with E-state index in [1.165, 1.54) is 38.5 Å². The highest BCUT2D eigenvalue weighted by atomic mass is 79.9. The molecule has 5 heteroatoms. The van der Waals surface area contributed by atoms with Gasteiger partial charge in [-0.15, -0.1) is 0 Å². The van der Waals surface area contributed by atoms with Gasteiger partial charge in [0.1, 0.15) is 5.82 Å².